The summed E-state index contributed by atoms with van der Waals surface area (Å²) in [6, 6.07) is 9.24. The smallest absolute Gasteiger partial charge is 0.417 e. The Morgan fingerprint density at radius 2 is 2.00 bits per heavy atom. The maximum atomic E-state index is 12.4. The second kappa shape index (κ2) is 6.52. The number of rotatable bonds is 5. The maximum Gasteiger partial charge on any atom is 0.417 e. The molecule has 1 aliphatic rings. The quantitative estimate of drug-likeness (QED) is 0.616. The molecule has 0 N–H and O–H groups in total. The van der Waals surface area contributed by atoms with Crippen LogP contribution in [0.4, 0.5) is 4.79 Å². The fraction of sp³-hybridized carbons (Fsp3) is 0.438. The molecule has 5 heteroatoms. The minimum Gasteiger partial charge on any atom is -0.447 e. The number of carbonyl (C=O) groups is 3. The lowest BCUT2D eigenvalue weighted by Gasteiger charge is -2.22. The zero-order chi connectivity index (χ0) is 15.4. The molecule has 5 nitrogen and oxygen atoms in total. The summed E-state index contributed by atoms with van der Waals surface area (Å²) in [5.41, 5.74) is 1.02. The van der Waals surface area contributed by atoms with Crippen molar-refractivity contribution in [2.45, 2.75) is 32.7 Å². The topological polar surface area (TPSA) is 63.7 Å². The first kappa shape index (κ1) is 15.2. The SMILES string of the molecule is CC[13C](=O)[13C@@H](C)C(=O)N1C(=O)OC[C@H]1Cc1ccccc1. The number of amides is 2. The van der Waals surface area contributed by atoms with Gasteiger partial charge in [-0.15, -0.1) is 0 Å². The van der Waals surface area contributed by atoms with Gasteiger partial charge in [0.05, 0.1) is 12.0 Å². The van der Waals surface area contributed by atoms with E-state index in [1.807, 2.05) is 30.3 Å². The van der Waals surface area contributed by atoms with Gasteiger partial charge in [0.2, 0.25) is 5.91 Å². The Bertz CT molecular complexity index is 540. The van der Waals surface area contributed by atoms with E-state index in [-0.39, 0.29) is 24.9 Å². The monoisotopic (exact) mass is 291 g/mol. The van der Waals surface area contributed by atoms with Crippen LogP contribution in [0, 0.1) is 5.92 Å². The first-order valence-corrected chi connectivity index (χ1v) is 7.11. The van der Waals surface area contributed by atoms with Crippen LogP contribution < -0.4 is 0 Å². The lowest BCUT2D eigenvalue weighted by atomic mass is 10.1. The molecule has 1 aromatic rings. The summed E-state index contributed by atoms with van der Waals surface area (Å²) in [4.78, 5) is 36.9. The van der Waals surface area contributed by atoms with Crippen LogP contribution in [0.5, 0.6) is 0 Å². The molecule has 112 valence electrons. The van der Waals surface area contributed by atoms with E-state index < -0.39 is 17.9 Å². The van der Waals surface area contributed by atoms with Gasteiger partial charge in [-0.3, -0.25) is 9.59 Å². The Hall–Kier alpha value is -2.17. The Morgan fingerprint density at radius 3 is 2.62 bits per heavy atom. The van der Waals surface area contributed by atoms with Crippen LogP contribution >= 0.6 is 0 Å². The van der Waals surface area contributed by atoms with E-state index in [9.17, 15) is 14.4 Å². The molecule has 1 heterocycles. The minimum absolute atomic E-state index is 0.168. The molecule has 0 unspecified atom stereocenters. The van der Waals surface area contributed by atoms with E-state index in [1.54, 1.807) is 13.8 Å². The molecule has 1 aromatic carbocycles. The van der Waals surface area contributed by atoms with Crippen LogP contribution in [-0.4, -0.2) is 35.3 Å². The van der Waals surface area contributed by atoms with E-state index in [0.29, 0.717) is 6.42 Å². The van der Waals surface area contributed by atoms with E-state index in [2.05, 4.69) is 0 Å². The van der Waals surface area contributed by atoms with Gasteiger partial charge < -0.3 is 4.74 Å². The summed E-state index contributed by atoms with van der Waals surface area (Å²) in [5.74, 6) is -1.44. The Labute approximate surface area is 123 Å². The van der Waals surface area contributed by atoms with Crippen LogP contribution in [-0.2, 0) is 20.7 Å². The van der Waals surface area contributed by atoms with Crippen molar-refractivity contribution in [3.8, 4) is 0 Å². The van der Waals surface area contributed by atoms with E-state index >= 15 is 0 Å². The van der Waals surface area contributed by atoms with Crippen molar-refractivity contribution in [2.75, 3.05) is 6.61 Å². The molecule has 2 atom stereocenters. The van der Waals surface area contributed by atoms with Gasteiger partial charge in [0, 0.05) is 6.42 Å². The fourth-order valence-corrected chi connectivity index (χ4v) is 2.42. The average molecular weight is 291 g/mol. The second-order valence-corrected chi connectivity index (χ2v) is 5.17. The fourth-order valence-electron chi connectivity index (χ4n) is 2.42. The van der Waals surface area contributed by atoms with Gasteiger partial charge >= 0.3 is 6.09 Å². The number of hydrogen-bond acceptors (Lipinski definition) is 4. The number of ketones is 1. The van der Waals surface area contributed by atoms with Crippen LogP contribution in [0.2, 0.25) is 0 Å². The first-order chi connectivity index (χ1) is 10.0. The van der Waals surface area contributed by atoms with Crippen LogP contribution in [0.1, 0.15) is 25.8 Å². The molecule has 21 heavy (non-hydrogen) atoms. The molecular formula is C16H19NO4. The third kappa shape index (κ3) is 3.29. The van der Waals surface area contributed by atoms with Crippen molar-refractivity contribution in [3.63, 3.8) is 0 Å². The van der Waals surface area contributed by atoms with Crippen molar-refractivity contribution in [2.24, 2.45) is 5.92 Å². The number of imide groups is 1. The number of nitrogens with zero attached hydrogens (tertiary/aromatic N) is 1. The first-order valence-electron chi connectivity index (χ1n) is 7.11. The van der Waals surface area contributed by atoms with E-state index in [4.69, 9.17) is 4.74 Å². The predicted molar refractivity (Wildman–Crippen MR) is 76.6 cm³/mol. The van der Waals surface area contributed by atoms with E-state index in [0.717, 1.165) is 10.5 Å². The van der Waals surface area contributed by atoms with Gasteiger partial charge in [-0.1, -0.05) is 37.3 Å². The Morgan fingerprint density at radius 1 is 1.33 bits per heavy atom. The molecule has 0 bridgehead atoms. The number of benzene rings is 1. The molecule has 1 saturated heterocycles. The van der Waals surface area contributed by atoms with Crippen LogP contribution in [0.3, 0.4) is 0 Å². The Kier molecular flexibility index (Phi) is 4.73. The summed E-state index contributed by atoms with van der Waals surface area (Å²) >= 11 is 0. The van der Waals surface area contributed by atoms with Crippen molar-refractivity contribution in [1.29, 1.82) is 0 Å². The largest absolute Gasteiger partial charge is 0.447 e. The lowest BCUT2D eigenvalue weighted by molar-refractivity contribution is -0.138. The molecule has 2 amide bonds. The summed E-state index contributed by atoms with van der Waals surface area (Å²) in [6.07, 6.45) is 0.154. The van der Waals surface area contributed by atoms with Gasteiger partial charge in [-0.2, -0.15) is 0 Å². The van der Waals surface area contributed by atoms with Gasteiger partial charge in [-0.25, -0.2) is 9.69 Å². The molecule has 0 aliphatic carbocycles. The zero-order valence-corrected chi connectivity index (χ0v) is 12.2. The maximum absolute atomic E-state index is 12.4. The molecule has 2 rings (SSSR count). The summed E-state index contributed by atoms with van der Waals surface area (Å²) in [7, 11) is 0. The lowest BCUT2D eigenvalue weighted by Crippen LogP contribution is -2.44. The van der Waals surface area contributed by atoms with Crippen LogP contribution in [0.15, 0.2) is 30.3 Å². The highest BCUT2D eigenvalue weighted by Gasteiger charge is 2.40. The molecule has 1 fully saturated rings. The highest BCUT2D eigenvalue weighted by molar-refractivity contribution is 6.06. The van der Waals surface area contributed by atoms with Gasteiger partial charge in [0.1, 0.15) is 12.4 Å². The summed E-state index contributed by atoms with van der Waals surface area (Å²) < 4.78 is 4.99. The number of hydrogen-bond donors (Lipinski definition) is 0. The summed E-state index contributed by atoms with van der Waals surface area (Å²) in [5, 5.41) is 0. The number of Topliss-reactive ketones (excluding diaryl/α,β-unsaturated/α-hetero) is 1. The third-order valence-electron chi connectivity index (χ3n) is 3.71. The van der Waals surface area contributed by atoms with Crippen molar-refractivity contribution in [3.05, 3.63) is 35.9 Å². The van der Waals surface area contributed by atoms with Gasteiger partial charge in [0.15, 0.2) is 0 Å². The van der Waals surface area contributed by atoms with Crippen LogP contribution in [0.25, 0.3) is 0 Å². The highest BCUT2D eigenvalue weighted by atomic mass is 16.6. The standard InChI is InChI=1S/C16H19NO4/c1-3-14(18)11(2)15(19)17-13(10-21-16(17)20)9-12-7-5-4-6-8-12/h4-8,11,13H,3,9-10H2,1-2H3/t11-,13-/m1/s1/i11+1,14+1. The summed E-state index contributed by atoms with van der Waals surface area (Å²) in [6.45, 7) is 3.42. The van der Waals surface area contributed by atoms with Gasteiger partial charge in [0.25, 0.3) is 0 Å². The van der Waals surface area contributed by atoms with Crippen molar-refractivity contribution >= 4 is 17.8 Å². The van der Waals surface area contributed by atoms with Gasteiger partial charge in [-0.05, 0) is 18.9 Å². The third-order valence-corrected chi connectivity index (χ3v) is 3.71. The molecule has 0 spiro atoms. The normalized spacial score (nSPS) is 19.2. The molecule has 0 saturated carbocycles. The van der Waals surface area contributed by atoms with Crippen molar-refractivity contribution < 1.29 is 19.1 Å². The zero-order valence-electron chi connectivity index (χ0n) is 12.2. The average Bonchev–Trinajstić information content (AvgIpc) is 2.86. The molecule has 0 radical (unpaired) electrons. The Balaban J connectivity index is 2.13. The number of cyclic esters (lactones) is 1. The molecular weight excluding hydrogens is 272 g/mol. The molecule has 0 aromatic heterocycles. The predicted octanol–water partition coefficient (Wildman–Crippen LogP) is 2.19. The highest BCUT2D eigenvalue weighted by Crippen LogP contribution is 2.20. The second-order valence-electron chi connectivity index (χ2n) is 5.17. The number of carbonyl (C=O) groups excluding carboxylic acids is 3. The molecule has 1 aliphatic heterocycles. The minimum atomic E-state index is -0.807. The van der Waals surface area contributed by atoms with Crippen molar-refractivity contribution in [1.82, 2.24) is 4.90 Å². The van der Waals surface area contributed by atoms with E-state index in [1.165, 1.54) is 0 Å². The number of ether oxygens (including phenoxy) is 1.